The lowest BCUT2D eigenvalue weighted by molar-refractivity contribution is -0.148. The van der Waals surface area contributed by atoms with Crippen LogP contribution in [0.25, 0.3) is 6.08 Å². The Hall–Kier alpha value is -3.41. The monoisotopic (exact) mass is 338 g/mol. The van der Waals surface area contributed by atoms with Gasteiger partial charge in [0.05, 0.1) is 0 Å². The highest BCUT2D eigenvalue weighted by Crippen LogP contribution is 2.10. The van der Waals surface area contributed by atoms with Crippen LogP contribution in [0.1, 0.15) is 22.8 Å². The van der Waals surface area contributed by atoms with Gasteiger partial charge < -0.3 is 15.8 Å². The Morgan fingerprint density at radius 2 is 1.68 bits per heavy atom. The molecule has 0 aliphatic heterocycles. The van der Waals surface area contributed by atoms with E-state index in [4.69, 9.17) is 10.5 Å². The molecule has 0 aliphatic rings. The molecule has 25 heavy (non-hydrogen) atoms. The average Bonchev–Trinajstić information content (AvgIpc) is 2.61. The number of esters is 1. The fourth-order valence-electron chi connectivity index (χ4n) is 1.96. The summed E-state index contributed by atoms with van der Waals surface area (Å²) < 4.78 is 5.06. The number of benzene rings is 2. The molecule has 2 aromatic rings. The van der Waals surface area contributed by atoms with Gasteiger partial charge >= 0.3 is 5.97 Å². The SMILES string of the molecule is C[C@H](OC(=O)/C=C/c1ccccc1)C(=O)Nc1ccc(C(N)=O)cc1. The van der Waals surface area contributed by atoms with Crippen LogP contribution < -0.4 is 11.1 Å². The molecule has 0 saturated heterocycles. The molecule has 0 saturated carbocycles. The molecule has 6 heteroatoms. The number of hydrogen-bond acceptors (Lipinski definition) is 4. The quantitative estimate of drug-likeness (QED) is 0.624. The third kappa shape index (κ3) is 5.62. The van der Waals surface area contributed by atoms with E-state index in [0.717, 1.165) is 5.56 Å². The van der Waals surface area contributed by atoms with Crippen LogP contribution in [0, 0.1) is 0 Å². The molecule has 1 atom stereocenters. The first-order valence-corrected chi connectivity index (χ1v) is 7.60. The molecule has 0 spiro atoms. The maximum absolute atomic E-state index is 12.0. The van der Waals surface area contributed by atoms with Gasteiger partial charge in [-0.3, -0.25) is 9.59 Å². The van der Waals surface area contributed by atoms with Crippen LogP contribution >= 0.6 is 0 Å². The van der Waals surface area contributed by atoms with E-state index in [1.807, 2.05) is 30.3 Å². The topological polar surface area (TPSA) is 98.5 Å². The molecule has 6 nitrogen and oxygen atoms in total. The minimum Gasteiger partial charge on any atom is -0.449 e. The molecule has 0 bridgehead atoms. The summed E-state index contributed by atoms with van der Waals surface area (Å²) in [4.78, 5) is 34.8. The standard InChI is InChI=1S/C19H18N2O4/c1-13(25-17(22)12-7-14-5-3-2-4-6-14)19(24)21-16-10-8-15(9-11-16)18(20)23/h2-13H,1H3,(H2,20,23)(H,21,24)/b12-7+/t13-/m0/s1. The van der Waals surface area contributed by atoms with Gasteiger partial charge in [-0.05, 0) is 42.8 Å². The Labute approximate surface area is 145 Å². The summed E-state index contributed by atoms with van der Waals surface area (Å²) in [5.74, 6) is -1.64. The van der Waals surface area contributed by atoms with Crippen LogP contribution in [0.5, 0.6) is 0 Å². The van der Waals surface area contributed by atoms with E-state index in [2.05, 4.69) is 5.32 Å². The van der Waals surface area contributed by atoms with Crippen molar-refractivity contribution in [2.45, 2.75) is 13.0 Å². The van der Waals surface area contributed by atoms with Crippen LogP contribution in [-0.2, 0) is 14.3 Å². The van der Waals surface area contributed by atoms with Crippen molar-refractivity contribution in [3.05, 3.63) is 71.8 Å². The van der Waals surface area contributed by atoms with E-state index in [0.29, 0.717) is 11.3 Å². The number of primary amides is 1. The number of nitrogens with one attached hydrogen (secondary N) is 1. The Morgan fingerprint density at radius 1 is 1.04 bits per heavy atom. The van der Waals surface area contributed by atoms with E-state index in [1.54, 1.807) is 18.2 Å². The number of carbonyl (C=O) groups is 3. The zero-order chi connectivity index (χ0) is 18.2. The lowest BCUT2D eigenvalue weighted by atomic mass is 10.2. The molecule has 2 aromatic carbocycles. The number of ether oxygens (including phenoxy) is 1. The molecule has 0 heterocycles. The Morgan fingerprint density at radius 3 is 2.28 bits per heavy atom. The Kier molecular flexibility index (Phi) is 6.06. The summed E-state index contributed by atoms with van der Waals surface area (Å²) in [6, 6.07) is 15.3. The van der Waals surface area contributed by atoms with Crippen molar-refractivity contribution in [1.29, 1.82) is 0 Å². The van der Waals surface area contributed by atoms with E-state index < -0.39 is 23.9 Å². The summed E-state index contributed by atoms with van der Waals surface area (Å²) in [6.07, 6.45) is 1.90. The van der Waals surface area contributed by atoms with Crippen molar-refractivity contribution < 1.29 is 19.1 Å². The minimum atomic E-state index is -0.969. The zero-order valence-electron chi connectivity index (χ0n) is 13.6. The fourth-order valence-corrected chi connectivity index (χ4v) is 1.96. The Balaban J connectivity index is 1.88. The molecule has 3 N–H and O–H groups in total. The summed E-state index contributed by atoms with van der Waals surface area (Å²) in [5.41, 5.74) is 6.81. The van der Waals surface area contributed by atoms with Crippen LogP contribution in [0.15, 0.2) is 60.7 Å². The zero-order valence-corrected chi connectivity index (χ0v) is 13.6. The van der Waals surface area contributed by atoms with Crippen molar-refractivity contribution >= 4 is 29.5 Å². The number of amides is 2. The van der Waals surface area contributed by atoms with Gasteiger partial charge in [0.2, 0.25) is 5.91 Å². The average molecular weight is 338 g/mol. The van der Waals surface area contributed by atoms with Crippen molar-refractivity contribution in [3.63, 3.8) is 0 Å². The molecular formula is C19H18N2O4. The van der Waals surface area contributed by atoms with Gasteiger partial charge in [0, 0.05) is 17.3 Å². The molecule has 2 rings (SSSR count). The molecule has 0 unspecified atom stereocenters. The second-order valence-corrected chi connectivity index (χ2v) is 5.25. The first kappa shape index (κ1) is 17.9. The molecule has 2 amide bonds. The lowest BCUT2D eigenvalue weighted by Crippen LogP contribution is -2.29. The minimum absolute atomic E-state index is 0.337. The first-order chi connectivity index (χ1) is 12.0. The molecule has 128 valence electrons. The summed E-state index contributed by atoms with van der Waals surface area (Å²) in [5, 5.41) is 2.59. The van der Waals surface area contributed by atoms with Gasteiger partial charge in [-0.15, -0.1) is 0 Å². The summed E-state index contributed by atoms with van der Waals surface area (Å²) in [7, 11) is 0. The van der Waals surface area contributed by atoms with Crippen molar-refractivity contribution in [2.75, 3.05) is 5.32 Å². The van der Waals surface area contributed by atoms with Crippen LogP contribution in [0.2, 0.25) is 0 Å². The van der Waals surface area contributed by atoms with Crippen LogP contribution in [0.3, 0.4) is 0 Å². The number of rotatable bonds is 6. The maximum atomic E-state index is 12.0. The van der Waals surface area contributed by atoms with E-state index in [-0.39, 0.29) is 0 Å². The largest absolute Gasteiger partial charge is 0.449 e. The van der Waals surface area contributed by atoms with Crippen molar-refractivity contribution in [2.24, 2.45) is 5.73 Å². The van der Waals surface area contributed by atoms with Gasteiger partial charge in [-0.25, -0.2) is 4.79 Å². The van der Waals surface area contributed by atoms with E-state index >= 15 is 0 Å². The fraction of sp³-hybridized carbons (Fsp3) is 0.105. The molecule has 0 fully saturated rings. The number of nitrogens with two attached hydrogens (primary N) is 1. The number of carbonyl (C=O) groups excluding carboxylic acids is 3. The van der Waals surface area contributed by atoms with Crippen molar-refractivity contribution in [3.8, 4) is 0 Å². The normalized spacial score (nSPS) is 11.7. The van der Waals surface area contributed by atoms with Gasteiger partial charge in [0.25, 0.3) is 5.91 Å². The highest BCUT2D eigenvalue weighted by molar-refractivity contribution is 5.97. The molecular weight excluding hydrogens is 320 g/mol. The predicted octanol–water partition coefficient (Wildman–Crippen LogP) is 2.37. The van der Waals surface area contributed by atoms with Crippen LogP contribution in [-0.4, -0.2) is 23.9 Å². The second-order valence-electron chi connectivity index (χ2n) is 5.25. The lowest BCUT2D eigenvalue weighted by Gasteiger charge is -2.12. The molecule has 0 radical (unpaired) electrons. The van der Waals surface area contributed by atoms with Gasteiger partial charge in [0.15, 0.2) is 6.10 Å². The van der Waals surface area contributed by atoms with Gasteiger partial charge in [-0.1, -0.05) is 30.3 Å². The number of hydrogen-bond donors (Lipinski definition) is 2. The highest BCUT2D eigenvalue weighted by atomic mass is 16.5. The predicted molar refractivity (Wildman–Crippen MR) is 94.6 cm³/mol. The maximum Gasteiger partial charge on any atom is 0.331 e. The van der Waals surface area contributed by atoms with E-state index in [1.165, 1.54) is 25.1 Å². The smallest absolute Gasteiger partial charge is 0.331 e. The highest BCUT2D eigenvalue weighted by Gasteiger charge is 2.16. The van der Waals surface area contributed by atoms with Gasteiger partial charge in [0.1, 0.15) is 0 Å². The molecule has 0 aromatic heterocycles. The third-order valence-electron chi connectivity index (χ3n) is 3.31. The first-order valence-electron chi connectivity index (χ1n) is 7.60. The molecule has 0 aliphatic carbocycles. The third-order valence-corrected chi connectivity index (χ3v) is 3.31. The van der Waals surface area contributed by atoms with Crippen molar-refractivity contribution in [1.82, 2.24) is 0 Å². The van der Waals surface area contributed by atoms with Crippen LogP contribution in [0.4, 0.5) is 5.69 Å². The van der Waals surface area contributed by atoms with E-state index in [9.17, 15) is 14.4 Å². The second kappa shape index (κ2) is 8.44. The summed E-state index contributed by atoms with van der Waals surface area (Å²) >= 11 is 0. The number of anilines is 1. The Bertz CT molecular complexity index is 783. The van der Waals surface area contributed by atoms with Gasteiger partial charge in [-0.2, -0.15) is 0 Å². The summed E-state index contributed by atoms with van der Waals surface area (Å²) in [6.45, 7) is 1.47.